The Hall–Kier alpha value is -3.56. The maximum absolute atomic E-state index is 11.7. The van der Waals surface area contributed by atoms with E-state index in [0.29, 0.717) is 64.4 Å². The zero-order valence-corrected chi connectivity index (χ0v) is 21.4. The zero-order valence-electron chi connectivity index (χ0n) is 19.9. The summed E-state index contributed by atoms with van der Waals surface area (Å²) >= 11 is 12.5. The molecule has 36 heavy (non-hydrogen) atoms. The van der Waals surface area contributed by atoms with Crippen LogP contribution >= 0.6 is 23.2 Å². The summed E-state index contributed by atoms with van der Waals surface area (Å²) in [5, 5.41) is 9.56. The largest absolute Gasteiger partial charge is 0.486 e. The number of amides is 1. The van der Waals surface area contributed by atoms with Gasteiger partial charge in [0.1, 0.15) is 17.7 Å². The van der Waals surface area contributed by atoms with Crippen molar-refractivity contribution in [3.05, 3.63) is 75.7 Å². The van der Waals surface area contributed by atoms with E-state index >= 15 is 0 Å². The highest BCUT2D eigenvalue weighted by atomic mass is 35.5. The Kier molecular flexibility index (Phi) is 7.81. The lowest BCUT2D eigenvalue weighted by atomic mass is 10.0. The van der Waals surface area contributed by atoms with Crippen LogP contribution in [0.3, 0.4) is 0 Å². The van der Waals surface area contributed by atoms with E-state index in [1.807, 2.05) is 19.1 Å². The van der Waals surface area contributed by atoms with Crippen molar-refractivity contribution in [3.8, 4) is 5.75 Å². The Bertz CT molecular complexity index is 1240. The third kappa shape index (κ3) is 5.47. The van der Waals surface area contributed by atoms with Crippen LogP contribution in [0.5, 0.6) is 5.75 Å². The number of rotatable bonds is 6. The van der Waals surface area contributed by atoms with E-state index in [2.05, 4.69) is 14.9 Å². The molecule has 2 aromatic heterocycles. The third-order valence-electron chi connectivity index (χ3n) is 5.98. The Morgan fingerprint density at radius 1 is 1.08 bits per heavy atom. The highest BCUT2D eigenvalue weighted by Crippen LogP contribution is 2.33. The SMILES string of the molecule is COC(=O)N1CCN(c2ccc(C(=N)c3cc(O[C@H](C)c4c(Cl)cncc4Cl)ccc3N)cn2)CC1. The molecule has 1 aliphatic heterocycles. The van der Waals surface area contributed by atoms with Crippen molar-refractivity contribution in [2.24, 2.45) is 0 Å². The maximum Gasteiger partial charge on any atom is 0.409 e. The third-order valence-corrected chi connectivity index (χ3v) is 6.58. The van der Waals surface area contributed by atoms with Gasteiger partial charge in [0.15, 0.2) is 0 Å². The highest BCUT2D eigenvalue weighted by Gasteiger charge is 2.22. The molecule has 0 spiro atoms. The monoisotopic (exact) mass is 528 g/mol. The molecule has 0 bridgehead atoms. The summed E-state index contributed by atoms with van der Waals surface area (Å²) in [6.07, 6.45) is 3.91. The fraction of sp³-hybridized carbons (Fsp3) is 0.280. The molecule has 1 aromatic carbocycles. The van der Waals surface area contributed by atoms with Crippen molar-refractivity contribution in [1.82, 2.24) is 14.9 Å². The number of halogens is 2. The molecule has 188 valence electrons. The first-order valence-electron chi connectivity index (χ1n) is 11.3. The van der Waals surface area contributed by atoms with E-state index in [0.717, 1.165) is 5.82 Å². The first kappa shape index (κ1) is 25.5. The second-order valence-electron chi connectivity index (χ2n) is 8.25. The molecule has 1 fully saturated rings. The summed E-state index contributed by atoms with van der Waals surface area (Å²) < 4.78 is 10.9. The lowest BCUT2D eigenvalue weighted by molar-refractivity contribution is 0.121. The van der Waals surface area contributed by atoms with E-state index in [1.54, 1.807) is 29.3 Å². The van der Waals surface area contributed by atoms with E-state index in [-0.39, 0.29) is 11.8 Å². The molecular weight excluding hydrogens is 503 g/mol. The number of pyridine rings is 2. The maximum atomic E-state index is 11.7. The number of nitrogens with two attached hydrogens (primary N) is 1. The minimum Gasteiger partial charge on any atom is -0.486 e. The van der Waals surface area contributed by atoms with Gasteiger partial charge in [0, 0.05) is 67.1 Å². The minimum atomic E-state index is -0.445. The summed E-state index contributed by atoms with van der Waals surface area (Å²) in [4.78, 5) is 24.0. The molecule has 4 rings (SSSR count). The standard InChI is InChI=1S/C25H26Cl2N6O3/c1-15(23-19(26)13-30-14-20(23)27)36-17-4-5-21(28)18(11-17)24(29)16-3-6-22(31-12-16)32-7-9-33(10-8-32)25(34)35-2/h3-6,11-15,29H,7-10,28H2,1-2H3/t15-/m1/s1. The molecule has 0 unspecified atom stereocenters. The second-order valence-corrected chi connectivity index (χ2v) is 9.06. The first-order valence-corrected chi connectivity index (χ1v) is 12.0. The number of benzene rings is 1. The Labute approximate surface area is 219 Å². The van der Waals surface area contributed by atoms with Gasteiger partial charge in [-0.25, -0.2) is 9.78 Å². The summed E-state index contributed by atoms with van der Waals surface area (Å²) in [5.74, 6) is 1.30. The van der Waals surface area contributed by atoms with E-state index in [4.69, 9.17) is 43.8 Å². The van der Waals surface area contributed by atoms with Gasteiger partial charge in [-0.15, -0.1) is 0 Å². The molecule has 1 amide bonds. The Morgan fingerprint density at radius 3 is 2.39 bits per heavy atom. The predicted octanol–water partition coefficient (Wildman–Crippen LogP) is 4.81. The van der Waals surface area contributed by atoms with Crippen molar-refractivity contribution in [3.63, 3.8) is 0 Å². The number of aromatic nitrogens is 2. The number of ether oxygens (including phenoxy) is 2. The number of nitrogens with zero attached hydrogens (tertiary/aromatic N) is 4. The average molecular weight is 529 g/mol. The van der Waals surface area contributed by atoms with Gasteiger partial charge < -0.3 is 25.0 Å². The molecule has 11 heteroatoms. The normalized spacial score (nSPS) is 14.3. The van der Waals surface area contributed by atoms with Crippen LogP contribution in [0.25, 0.3) is 0 Å². The number of nitrogen functional groups attached to an aromatic ring is 1. The van der Waals surface area contributed by atoms with Gasteiger partial charge in [-0.3, -0.25) is 10.4 Å². The number of carbonyl (C=O) groups is 1. The topological polar surface area (TPSA) is 118 Å². The number of hydrogen-bond acceptors (Lipinski definition) is 8. The van der Waals surface area contributed by atoms with Gasteiger partial charge in [-0.2, -0.15) is 0 Å². The van der Waals surface area contributed by atoms with Crippen molar-refractivity contribution in [2.45, 2.75) is 13.0 Å². The summed E-state index contributed by atoms with van der Waals surface area (Å²) in [5.41, 5.74) is 8.63. The second kappa shape index (κ2) is 11.0. The molecule has 3 aromatic rings. The smallest absolute Gasteiger partial charge is 0.409 e. The van der Waals surface area contributed by atoms with Crippen LogP contribution in [-0.4, -0.2) is 60.0 Å². The fourth-order valence-corrected chi connectivity index (χ4v) is 4.69. The quantitative estimate of drug-likeness (QED) is 0.348. The average Bonchev–Trinajstić information content (AvgIpc) is 2.89. The molecule has 0 aliphatic carbocycles. The minimum absolute atomic E-state index is 0.222. The van der Waals surface area contributed by atoms with E-state index in [1.165, 1.54) is 19.5 Å². The molecule has 3 N–H and O–H groups in total. The van der Waals surface area contributed by atoms with Crippen LogP contribution in [0.1, 0.15) is 29.7 Å². The number of piperazine rings is 1. The predicted molar refractivity (Wildman–Crippen MR) is 141 cm³/mol. The van der Waals surface area contributed by atoms with E-state index < -0.39 is 6.10 Å². The zero-order chi connectivity index (χ0) is 25.8. The molecule has 0 radical (unpaired) electrons. The lowest BCUT2D eigenvalue weighted by Crippen LogP contribution is -2.49. The summed E-state index contributed by atoms with van der Waals surface area (Å²) in [6, 6.07) is 8.86. The van der Waals surface area contributed by atoms with Crippen LogP contribution in [0.15, 0.2) is 48.9 Å². The van der Waals surface area contributed by atoms with Gasteiger partial charge in [-0.1, -0.05) is 23.2 Å². The summed E-state index contributed by atoms with van der Waals surface area (Å²) in [7, 11) is 1.38. The number of carbonyl (C=O) groups excluding carboxylic acids is 1. The van der Waals surface area contributed by atoms with Crippen LogP contribution in [0.4, 0.5) is 16.3 Å². The van der Waals surface area contributed by atoms with Gasteiger partial charge in [0.05, 0.1) is 22.9 Å². The van der Waals surface area contributed by atoms with Gasteiger partial charge >= 0.3 is 6.09 Å². The Balaban J connectivity index is 1.47. The van der Waals surface area contributed by atoms with Crippen LogP contribution in [0.2, 0.25) is 10.0 Å². The van der Waals surface area contributed by atoms with Crippen LogP contribution < -0.4 is 15.4 Å². The number of nitrogens with one attached hydrogen (secondary N) is 1. The van der Waals surface area contributed by atoms with Crippen LogP contribution in [-0.2, 0) is 4.74 Å². The molecule has 1 aliphatic rings. The van der Waals surface area contributed by atoms with Crippen molar-refractivity contribution < 1.29 is 14.3 Å². The van der Waals surface area contributed by atoms with Crippen molar-refractivity contribution in [1.29, 1.82) is 5.41 Å². The molecule has 1 atom stereocenters. The Morgan fingerprint density at radius 2 is 1.78 bits per heavy atom. The fourth-order valence-electron chi connectivity index (χ4n) is 4.02. The van der Waals surface area contributed by atoms with Gasteiger partial charge in [0.2, 0.25) is 0 Å². The van der Waals surface area contributed by atoms with E-state index in [9.17, 15) is 4.79 Å². The number of hydrogen-bond donors (Lipinski definition) is 2. The van der Waals surface area contributed by atoms with Crippen molar-refractivity contribution >= 4 is 46.5 Å². The number of anilines is 2. The molecular formula is C25H26Cl2N6O3. The number of methoxy groups -OCH3 is 1. The molecule has 1 saturated heterocycles. The lowest BCUT2D eigenvalue weighted by Gasteiger charge is -2.34. The molecule has 9 nitrogen and oxygen atoms in total. The van der Waals surface area contributed by atoms with Gasteiger partial charge in [-0.05, 0) is 37.3 Å². The van der Waals surface area contributed by atoms with Crippen molar-refractivity contribution in [2.75, 3.05) is 43.9 Å². The highest BCUT2D eigenvalue weighted by molar-refractivity contribution is 6.35. The first-order chi connectivity index (χ1) is 17.3. The summed E-state index contributed by atoms with van der Waals surface area (Å²) in [6.45, 7) is 4.25. The van der Waals surface area contributed by atoms with Gasteiger partial charge in [0.25, 0.3) is 0 Å². The molecule has 3 heterocycles. The molecule has 0 saturated carbocycles. The van der Waals surface area contributed by atoms with Crippen LogP contribution in [0, 0.1) is 5.41 Å².